The second kappa shape index (κ2) is 11.4. The van der Waals surface area contributed by atoms with E-state index >= 15 is 0 Å². The van der Waals surface area contributed by atoms with Crippen molar-refractivity contribution in [2.24, 2.45) is 0 Å². The molecule has 2 aromatic rings. The Balaban J connectivity index is 2.34. The van der Waals surface area contributed by atoms with E-state index in [0.717, 1.165) is 5.56 Å². The molecule has 162 valence electrons. The maximum atomic E-state index is 12.6. The van der Waals surface area contributed by atoms with Gasteiger partial charge < -0.3 is 19.5 Å². The van der Waals surface area contributed by atoms with Crippen LogP contribution < -0.4 is 14.8 Å². The lowest BCUT2D eigenvalue weighted by molar-refractivity contribution is -0.142. The van der Waals surface area contributed by atoms with Gasteiger partial charge in [0.25, 0.3) is 5.91 Å². The Kier molecular flexibility index (Phi) is 8.91. The molecule has 0 saturated carbocycles. The van der Waals surface area contributed by atoms with Crippen LogP contribution in [0.1, 0.15) is 18.1 Å². The number of benzene rings is 2. The lowest BCUT2D eigenvalue weighted by Crippen LogP contribution is -2.14. The number of ether oxygens (including phenoxy) is 3. The van der Waals surface area contributed by atoms with Gasteiger partial charge in [-0.1, -0.05) is 17.7 Å². The van der Waals surface area contributed by atoms with E-state index < -0.39 is 11.9 Å². The van der Waals surface area contributed by atoms with Crippen LogP contribution in [-0.4, -0.2) is 32.2 Å². The molecule has 0 heterocycles. The quantitative estimate of drug-likeness (QED) is 0.310. The van der Waals surface area contributed by atoms with Crippen molar-refractivity contribution in [3.63, 3.8) is 0 Å². The summed E-state index contributed by atoms with van der Waals surface area (Å²) in [6, 6.07) is 10.3. The third-order valence-corrected chi connectivity index (χ3v) is 4.84. The zero-order chi connectivity index (χ0) is 23.0. The van der Waals surface area contributed by atoms with Gasteiger partial charge in [0.05, 0.1) is 18.2 Å². The van der Waals surface area contributed by atoms with E-state index in [4.69, 9.17) is 21.1 Å². The maximum Gasteiger partial charge on any atom is 0.343 e. The van der Waals surface area contributed by atoms with Crippen LogP contribution in [0.3, 0.4) is 0 Å². The van der Waals surface area contributed by atoms with E-state index in [1.807, 2.05) is 13.0 Å². The molecule has 0 aliphatic heterocycles. The number of aryl methyl sites for hydroxylation is 1. The van der Waals surface area contributed by atoms with Crippen LogP contribution >= 0.6 is 27.5 Å². The summed E-state index contributed by atoms with van der Waals surface area (Å²) in [5.74, 6) is -0.469. The number of nitrogens with zero attached hydrogens (tertiary/aromatic N) is 1. The third-order valence-electron chi connectivity index (χ3n) is 4.02. The van der Waals surface area contributed by atoms with E-state index in [2.05, 4.69) is 26.0 Å². The van der Waals surface area contributed by atoms with Crippen LogP contribution in [0.5, 0.6) is 11.5 Å². The Labute approximate surface area is 193 Å². The fourth-order valence-corrected chi connectivity index (χ4v) is 3.24. The van der Waals surface area contributed by atoms with Crippen molar-refractivity contribution in [2.75, 3.05) is 25.6 Å². The van der Waals surface area contributed by atoms with Gasteiger partial charge in [-0.2, -0.15) is 5.26 Å². The van der Waals surface area contributed by atoms with Crippen LogP contribution in [-0.2, 0) is 14.3 Å². The minimum Gasteiger partial charge on any atom is -0.490 e. The van der Waals surface area contributed by atoms with Crippen LogP contribution in [0.25, 0.3) is 6.08 Å². The second-order valence-electron chi connectivity index (χ2n) is 6.21. The van der Waals surface area contributed by atoms with E-state index in [1.165, 1.54) is 13.2 Å². The Hall–Kier alpha value is -3.02. The number of nitriles is 1. The first-order valence-corrected chi connectivity index (χ1v) is 10.3. The summed E-state index contributed by atoms with van der Waals surface area (Å²) >= 11 is 9.36. The molecule has 1 N–H and O–H groups in total. The number of hydrogen-bond acceptors (Lipinski definition) is 6. The lowest BCUT2D eigenvalue weighted by Gasteiger charge is -2.14. The smallest absolute Gasteiger partial charge is 0.343 e. The van der Waals surface area contributed by atoms with E-state index in [0.29, 0.717) is 38.9 Å². The second-order valence-corrected chi connectivity index (χ2v) is 7.50. The van der Waals surface area contributed by atoms with Gasteiger partial charge in [0.1, 0.15) is 11.6 Å². The number of rotatable bonds is 8. The van der Waals surface area contributed by atoms with E-state index in [9.17, 15) is 14.9 Å². The molecule has 0 spiro atoms. The molecule has 0 aliphatic carbocycles. The van der Waals surface area contributed by atoms with Crippen molar-refractivity contribution in [2.45, 2.75) is 13.8 Å². The Bertz CT molecular complexity index is 1060. The van der Waals surface area contributed by atoms with Gasteiger partial charge in [-0.3, -0.25) is 4.79 Å². The highest BCUT2D eigenvalue weighted by atomic mass is 79.9. The SMILES string of the molecule is CCOc1cc(/C=C(\C#N)C(=O)Nc2cc(Cl)ccc2C)cc(Br)c1OCC(=O)OC. The molecule has 2 aromatic carbocycles. The molecular weight excluding hydrogens is 488 g/mol. The molecule has 1 amide bonds. The third kappa shape index (κ3) is 6.74. The van der Waals surface area contributed by atoms with Gasteiger partial charge in [0, 0.05) is 10.7 Å². The zero-order valence-electron chi connectivity index (χ0n) is 17.1. The van der Waals surface area contributed by atoms with Gasteiger partial charge >= 0.3 is 5.97 Å². The summed E-state index contributed by atoms with van der Waals surface area (Å²) in [5, 5.41) is 12.7. The number of carbonyl (C=O) groups excluding carboxylic acids is 2. The molecule has 0 saturated heterocycles. The number of halogens is 2. The van der Waals surface area contributed by atoms with E-state index in [1.54, 1.807) is 37.3 Å². The van der Waals surface area contributed by atoms with Crippen LogP contribution in [0, 0.1) is 18.3 Å². The van der Waals surface area contributed by atoms with Gasteiger partial charge in [-0.25, -0.2) is 4.79 Å². The average molecular weight is 508 g/mol. The number of amides is 1. The fourth-order valence-electron chi connectivity index (χ4n) is 2.50. The summed E-state index contributed by atoms with van der Waals surface area (Å²) in [7, 11) is 1.26. The van der Waals surface area contributed by atoms with Crippen molar-refractivity contribution in [3.8, 4) is 17.6 Å². The van der Waals surface area contributed by atoms with Crippen molar-refractivity contribution in [1.82, 2.24) is 0 Å². The molecule has 0 atom stereocenters. The molecule has 31 heavy (non-hydrogen) atoms. The molecule has 0 aliphatic rings. The first-order chi connectivity index (χ1) is 14.8. The monoisotopic (exact) mass is 506 g/mol. The lowest BCUT2D eigenvalue weighted by atomic mass is 10.1. The highest BCUT2D eigenvalue weighted by molar-refractivity contribution is 9.10. The number of anilines is 1. The van der Waals surface area contributed by atoms with Crippen LogP contribution in [0.2, 0.25) is 5.02 Å². The summed E-state index contributed by atoms with van der Waals surface area (Å²) in [5.41, 5.74) is 1.73. The summed E-state index contributed by atoms with van der Waals surface area (Å²) < 4.78 is 16.1. The standard InChI is InChI=1S/C22H20BrClN2O5/c1-4-30-19-9-14(8-17(23)21(19)31-12-20(27)29-3)7-15(11-25)22(28)26-18-10-16(24)6-5-13(18)2/h5-10H,4,12H2,1-3H3,(H,26,28)/b15-7+. The Morgan fingerprint density at radius 3 is 2.65 bits per heavy atom. The number of methoxy groups -OCH3 is 1. The highest BCUT2D eigenvalue weighted by Crippen LogP contribution is 2.37. The largest absolute Gasteiger partial charge is 0.490 e. The molecule has 0 radical (unpaired) electrons. The molecule has 2 rings (SSSR count). The first-order valence-electron chi connectivity index (χ1n) is 9.14. The predicted molar refractivity (Wildman–Crippen MR) is 121 cm³/mol. The number of carbonyl (C=O) groups is 2. The summed E-state index contributed by atoms with van der Waals surface area (Å²) in [6.07, 6.45) is 1.42. The van der Waals surface area contributed by atoms with Gasteiger partial charge in [0.2, 0.25) is 0 Å². The topological polar surface area (TPSA) is 97.6 Å². The molecular formula is C22H20BrClN2O5. The highest BCUT2D eigenvalue weighted by Gasteiger charge is 2.16. The molecule has 0 bridgehead atoms. The maximum absolute atomic E-state index is 12.6. The molecule has 7 nitrogen and oxygen atoms in total. The van der Waals surface area contributed by atoms with Gasteiger partial charge in [-0.15, -0.1) is 0 Å². The molecule has 0 unspecified atom stereocenters. The van der Waals surface area contributed by atoms with Crippen LogP contribution in [0.15, 0.2) is 40.4 Å². The Morgan fingerprint density at radius 1 is 1.26 bits per heavy atom. The predicted octanol–water partition coefficient (Wildman–Crippen LogP) is 4.91. The molecule has 9 heteroatoms. The van der Waals surface area contributed by atoms with Gasteiger partial charge in [0.15, 0.2) is 18.1 Å². The molecule has 0 aromatic heterocycles. The van der Waals surface area contributed by atoms with Crippen molar-refractivity contribution in [3.05, 3.63) is 56.5 Å². The first kappa shape index (κ1) is 24.3. The fraction of sp³-hybridized carbons (Fsp3) is 0.227. The van der Waals surface area contributed by atoms with Crippen LogP contribution in [0.4, 0.5) is 5.69 Å². The van der Waals surface area contributed by atoms with Crippen molar-refractivity contribution in [1.29, 1.82) is 5.26 Å². The normalized spacial score (nSPS) is 10.8. The van der Waals surface area contributed by atoms with E-state index in [-0.39, 0.29) is 12.2 Å². The van der Waals surface area contributed by atoms with Crippen molar-refractivity contribution >= 4 is 51.2 Å². The summed E-state index contributed by atoms with van der Waals surface area (Å²) in [6.45, 7) is 3.66. The van der Waals surface area contributed by atoms with Gasteiger partial charge in [-0.05, 0) is 71.2 Å². The molecule has 0 fully saturated rings. The number of nitrogens with one attached hydrogen (secondary N) is 1. The summed E-state index contributed by atoms with van der Waals surface area (Å²) in [4.78, 5) is 24.0. The number of hydrogen-bond donors (Lipinski definition) is 1. The minimum absolute atomic E-state index is 0.114. The average Bonchev–Trinajstić information content (AvgIpc) is 2.73. The van der Waals surface area contributed by atoms with Crippen molar-refractivity contribution < 1.29 is 23.8 Å². The Morgan fingerprint density at radius 2 is 2.00 bits per heavy atom. The zero-order valence-corrected chi connectivity index (χ0v) is 19.5. The minimum atomic E-state index is -0.576. The number of esters is 1.